The Balaban J connectivity index is 2.05. The van der Waals surface area contributed by atoms with Gasteiger partial charge in [0, 0.05) is 6.54 Å². The molecule has 0 aromatic heterocycles. The first-order valence-corrected chi connectivity index (χ1v) is 11.0. The van der Waals surface area contributed by atoms with E-state index in [2.05, 4.69) is 24.0 Å². The summed E-state index contributed by atoms with van der Waals surface area (Å²) in [6.07, 6.45) is 0.665. The van der Waals surface area contributed by atoms with Crippen LogP contribution in [0, 0.1) is 0 Å². The highest BCUT2D eigenvalue weighted by molar-refractivity contribution is 6.36. The van der Waals surface area contributed by atoms with Gasteiger partial charge in [-0.2, -0.15) is 0 Å². The average molecular weight is 442 g/mol. The van der Waals surface area contributed by atoms with Gasteiger partial charge in [-0.15, -0.1) is 23.2 Å². The molecule has 0 aliphatic carbocycles. The predicted molar refractivity (Wildman–Crippen MR) is 128 cm³/mol. The Morgan fingerprint density at radius 1 is 0.733 bits per heavy atom. The van der Waals surface area contributed by atoms with Gasteiger partial charge in [0.05, 0.1) is 4.87 Å². The van der Waals surface area contributed by atoms with Crippen molar-refractivity contribution in [1.82, 2.24) is 4.90 Å². The second kappa shape index (κ2) is 9.87. The lowest BCUT2D eigenvalue weighted by atomic mass is 9.74. The third-order valence-electron chi connectivity index (χ3n) is 5.50. The van der Waals surface area contributed by atoms with E-state index < -0.39 is 9.75 Å². The zero-order valence-corrected chi connectivity index (χ0v) is 19.3. The monoisotopic (exact) mass is 441 g/mol. The van der Waals surface area contributed by atoms with Crippen LogP contribution >= 0.6 is 23.2 Å². The van der Waals surface area contributed by atoms with Crippen LogP contribution in [0.5, 0.6) is 5.75 Å². The molecule has 0 aliphatic heterocycles. The van der Waals surface area contributed by atoms with Gasteiger partial charge in [0.15, 0.2) is 0 Å². The van der Waals surface area contributed by atoms with Crippen molar-refractivity contribution in [3.8, 4) is 5.75 Å². The van der Waals surface area contributed by atoms with Crippen LogP contribution in [0.25, 0.3) is 0 Å². The molecular formula is C26H29Cl2NO. The lowest BCUT2D eigenvalue weighted by Crippen LogP contribution is -2.41. The van der Waals surface area contributed by atoms with E-state index in [0.717, 1.165) is 29.0 Å². The number of halogens is 2. The summed E-state index contributed by atoms with van der Waals surface area (Å²) in [4.78, 5) is 0.315. The Hall–Kier alpha value is -2.00. The molecule has 158 valence electrons. The van der Waals surface area contributed by atoms with Crippen LogP contribution < -0.4 is 4.74 Å². The number of hydrogen-bond acceptors (Lipinski definition) is 2. The van der Waals surface area contributed by atoms with Crippen LogP contribution in [0.1, 0.15) is 30.0 Å². The molecule has 2 nitrogen and oxygen atoms in total. The first-order chi connectivity index (χ1) is 14.4. The van der Waals surface area contributed by atoms with Crippen LogP contribution in [-0.2, 0) is 9.75 Å². The predicted octanol–water partition coefficient (Wildman–Crippen LogP) is 6.65. The second-order valence-corrected chi connectivity index (χ2v) is 8.93. The molecule has 3 rings (SSSR count). The summed E-state index contributed by atoms with van der Waals surface area (Å²) in [5.41, 5.74) is 2.91. The molecule has 3 aromatic carbocycles. The largest absolute Gasteiger partial charge is 0.492 e. The Morgan fingerprint density at radius 3 is 1.73 bits per heavy atom. The van der Waals surface area contributed by atoms with Crippen LogP contribution in [0.3, 0.4) is 0 Å². The fourth-order valence-corrected chi connectivity index (χ4v) is 4.61. The van der Waals surface area contributed by atoms with E-state index in [-0.39, 0.29) is 0 Å². The van der Waals surface area contributed by atoms with Crippen molar-refractivity contribution in [3.63, 3.8) is 0 Å². The van der Waals surface area contributed by atoms with Crippen LogP contribution in [-0.4, -0.2) is 32.1 Å². The van der Waals surface area contributed by atoms with Gasteiger partial charge >= 0.3 is 0 Å². The molecule has 0 N–H and O–H groups in total. The summed E-state index contributed by atoms with van der Waals surface area (Å²) >= 11 is 15.0. The normalized spacial score (nSPS) is 15.4. The first-order valence-electron chi connectivity index (χ1n) is 10.3. The van der Waals surface area contributed by atoms with E-state index in [1.54, 1.807) is 0 Å². The summed E-state index contributed by atoms with van der Waals surface area (Å²) in [5, 5.41) is 0. The lowest BCUT2D eigenvalue weighted by molar-refractivity contribution is 0.261. The quantitative estimate of drug-likeness (QED) is 0.344. The van der Waals surface area contributed by atoms with E-state index in [1.165, 1.54) is 0 Å². The fourth-order valence-electron chi connectivity index (χ4n) is 3.77. The number of ether oxygens (including phenoxy) is 1. The van der Waals surface area contributed by atoms with Gasteiger partial charge in [-0.1, -0.05) is 79.7 Å². The molecule has 3 aromatic rings. The minimum absolute atomic E-state index is 0.634. The van der Waals surface area contributed by atoms with Crippen molar-refractivity contribution in [2.75, 3.05) is 27.2 Å². The number of likely N-dealkylation sites (N-methyl/N-ethyl adjacent to an activating group) is 1. The van der Waals surface area contributed by atoms with Gasteiger partial charge in [-0.25, -0.2) is 0 Å². The van der Waals surface area contributed by atoms with Gasteiger partial charge in [0.1, 0.15) is 17.2 Å². The minimum atomic E-state index is -0.950. The van der Waals surface area contributed by atoms with E-state index in [0.29, 0.717) is 13.0 Å². The van der Waals surface area contributed by atoms with E-state index in [1.807, 2.05) is 86.9 Å². The average Bonchev–Trinajstić information content (AvgIpc) is 2.79. The SMILES string of the molecule is CCC(Cl)(c1ccccc1)C(Cl)(c1ccccc1)c1ccc(OCCN(C)C)cc1. The first kappa shape index (κ1) is 22.7. The third kappa shape index (κ3) is 4.51. The number of nitrogens with zero attached hydrogens (tertiary/aromatic N) is 1. The Kier molecular flexibility index (Phi) is 7.46. The third-order valence-corrected chi connectivity index (χ3v) is 7.12. The van der Waals surface area contributed by atoms with Crippen molar-refractivity contribution in [2.24, 2.45) is 0 Å². The highest BCUT2D eigenvalue weighted by Crippen LogP contribution is 2.56. The highest BCUT2D eigenvalue weighted by atomic mass is 35.5. The van der Waals surface area contributed by atoms with Gasteiger partial charge in [-0.05, 0) is 49.3 Å². The van der Waals surface area contributed by atoms with E-state index >= 15 is 0 Å². The standard InChI is InChI=1S/C26H29Cl2NO/c1-4-25(27,21-11-7-5-8-12-21)26(28,22-13-9-6-10-14-22)23-15-17-24(18-16-23)30-20-19-29(2)3/h5-18H,4,19-20H2,1-3H3. The van der Waals surface area contributed by atoms with Crippen LogP contribution in [0.4, 0.5) is 0 Å². The van der Waals surface area contributed by atoms with Crippen molar-refractivity contribution >= 4 is 23.2 Å². The maximum absolute atomic E-state index is 7.55. The van der Waals surface area contributed by atoms with Crippen molar-refractivity contribution in [3.05, 3.63) is 102 Å². The molecule has 0 amide bonds. The zero-order valence-electron chi connectivity index (χ0n) is 17.8. The smallest absolute Gasteiger partial charge is 0.119 e. The molecule has 0 aliphatic rings. The van der Waals surface area contributed by atoms with Crippen LogP contribution in [0.15, 0.2) is 84.9 Å². The van der Waals surface area contributed by atoms with E-state index in [9.17, 15) is 0 Å². The minimum Gasteiger partial charge on any atom is -0.492 e. The summed E-state index contributed by atoms with van der Waals surface area (Å²) < 4.78 is 5.87. The molecule has 0 saturated heterocycles. The summed E-state index contributed by atoms with van der Waals surface area (Å²) in [7, 11) is 4.06. The van der Waals surface area contributed by atoms with E-state index in [4.69, 9.17) is 27.9 Å². The molecule has 0 bridgehead atoms. The molecular weight excluding hydrogens is 413 g/mol. The maximum atomic E-state index is 7.55. The molecule has 0 saturated carbocycles. The number of rotatable bonds is 9. The Bertz CT molecular complexity index is 915. The molecule has 2 atom stereocenters. The van der Waals surface area contributed by atoms with Gasteiger partial charge in [0.25, 0.3) is 0 Å². The summed E-state index contributed by atoms with van der Waals surface area (Å²) in [6.45, 7) is 3.58. The van der Waals surface area contributed by atoms with Crippen molar-refractivity contribution in [1.29, 1.82) is 0 Å². The number of alkyl halides is 2. The molecule has 30 heavy (non-hydrogen) atoms. The molecule has 2 unspecified atom stereocenters. The van der Waals surface area contributed by atoms with Crippen molar-refractivity contribution in [2.45, 2.75) is 23.1 Å². The number of hydrogen-bond donors (Lipinski definition) is 0. The molecule has 0 fully saturated rings. The van der Waals surface area contributed by atoms with Gasteiger partial charge in [-0.3, -0.25) is 0 Å². The van der Waals surface area contributed by atoms with Gasteiger partial charge < -0.3 is 9.64 Å². The Labute approximate surface area is 190 Å². The van der Waals surface area contributed by atoms with Gasteiger partial charge in [0.2, 0.25) is 0 Å². The zero-order chi connectivity index (χ0) is 21.6. The molecule has 4 heteroatoms. The molecule has 0 radical (unpaired) electrons. The fraction of sp³-hybridized carbons (Fsp3) is 0.308. The lowest BCUT2D eigenvalue weighted by Gasteiger charge is -2.43. The summed E-state index contributed by atoms with van der Waals surface area (Å²) in [5.74, 6) is 0.823. The maximum Gasteiger partial charge on any atom is 0.119 e. The number of benzene rings is 3. The molecule has 0 heterocycles. The molecule has 0 spiro atoms. The highest BCUT2D eigenvalue weighted by Gasteiger charge is 2.51. The van der Waals surface area contributed by atoms with Crippen molar-refractivity contribution < 1.29 is 4.74 Å². The topological polar surface area (TPSA) is 12.5 Å². The second-order valence-electron chi connectivity index (χ2n) is 7.72. The summed E-state index contributed by atoms with van der Waals surface area (Å²) in [6, 6.07) is 28.2. The Morgan fingerprint density at radius 2 is 1.23 bits per heavy atom. The van der Waals surface area contributed by atoms with Crippen LogP contribution in [0.2, 0.25) is 0 Å².